The molecular weight excluding hydrogens is 390 g/mol. The second kappa shape index (κ2) is 7.39. The minimum absolute atomic E-state index is 0.00607. The summed E-state index contributed by atoms with van der Waals surface area (Å²) in [4.78, 5) is 25.8. The molecular formula is C25H27N3O3. The van der Waals surface area contributed by atoms with Crippen molar-refractivity contribution in [2.24, 2.45) is 14.1 Å². The van der Waals surface area contributed by atoms with Crippen molar-refractivity contribution in [1.82, 2.24) is 13.7 Å². The highest BCUT2D eigenvalue weighted by atomic mass is 16.3. The van der Waals surface area contributed by atoms with Crippen molar-refractivity contribution >= 4 is 10.9 Å². The topological polar surface area (TPSA) is 69.2 Å². The van der Waals surface area contributed by atoms with Crippen LogP contribution in [-0.2, 0) is 26.1 Å². The van der Waals surface area contributed by atoms with Crippen LogP contribution in [0.1, 0.15) is 31.9 Å². The fraction of sp³-hybridized carbons (Fsp3) is 0.280. The molecule has 0 amide bonds. The maximum atomic E-state index is 13.2. The van der Waals surface area contributed by atoms with E-state index in [4.69, 9.17) is 0 Å². The van der Waals surface area contributed by atoms with Gasteiger partial charge in [-0.05, 0) is 22.6 Å². The molecule has 0 aliphatic heterocycles. The molecule has 4 aromatic rings. The number of rotatable bonds is 3. The molecule has 6 heteroatoms. The van der Waals surface area contributed by atoms with E-state index in [1.165, 1.54) is 17.2 Å². The summed E-state index contributed by atoms with van der Waals surface area (Å²) in [6, 6.07) is 15.7. The number of aliphatic hydroxyl groups is 1. The first-order valence-corrected chi connectivity index (χ1v) is 10.3. The van der Waals surface area contributed by atoms with Crippen LogP contribution in [0.25, 0.3) is 27.8 Å². The van der Waals surface area contributed by atoms with E-state index in [9.17, 15) is 14.7 Å². The minimum Gasteiger partial charge on any atom is -0.392 e. The highest BCUT2D eigenvalue weighted by Crippen LogP contribution is 2.33. The summed E-state index contributed by atoms with van der Waals surface area (Å²) in [5, 5.41) is 10.4. The SMILES string of the molecule is Cn1c(=O)c2c(-c3ccc(C(C)(C)C)cc3)n(-c3ccccc3CO)cc2n(C)c1=O. The van der Waals surface area contributed by atoms with Crippen molar-refractivity contribution in [2.45, 2.75) is 32.8 Å². The van der Waals surface area contributed by atoms with Crippen LogP contribution >= 0.6 is 0 Å². The first-order chi connectivity index (χ1) is 14.6. The summed E-state index contributed by atoms with van der Waals surface area (Å²) in [6.45, 7) is 6.33. The summed E-state index contributed by atoms with van der Waals surface area (Å²) in [5.41, 5.74) is 4.10. The number of benzene rings is 2. The third-order valence-corrected chi connectivity index (χ3v) is 5.88. The summed E-state index contributed by atoms with van der Waals surface area (Å²) in [6.07, 6.45) is 1.81. The molecule has 0 spiro atoms. The maximum Gasteiger partial charge on any atom is 0.330 e. The van der Waals surface area contributed by atoms with E-state index in [2.05, 4.69) is 32.9 Å². The van der Waals surface area contributed by atoms with E-state index in [0.29, 0.717) is 16.6 Å². The van der Waals surface area contributed by atoms with Crippen LogP contribution < -0.4 is 11.2 Å². The van der Waals surface area contributed by atoms with Crippen LogP contribution in [0, 0.1) is 0 Å². The van der Waals surface area contributed by atoms with Gasteiger partial charge in [-0.15, -0.1) is 0 Å². The molecule has 2 heterocycles. The van der Waals surface area contributed by atoms with Gasteiger partial charge in [0.15, 0.2) is 0 Å². The Labute approximate surface area is 180 Å². The number of aromatic nitrogens is 3. The van der Waals surface area contributed by atoms with Crippen LogP contribution in [0.15, 0.2) is 64.3 Å². The van der Waals surface area contributed by atoms with Crippen LogP contribution in [0.4, 0.5) is 0 Å². The second-order valence-electron chi connectivity index (χ2n) is 8.93. The van der Waals surface area contributed by atoms with Gasteiger partial charge in [-0.25, -0.2) is 4.79 Å². The third kappa shape index (κ3) is 3.33. The Morgan fingerprint density at radius 1 is 0.903 bits per heavy atom. The normalized spacial score (nSPS) is 11.9. The van der Waals surface area contributed by atoms with Crippen LogP contribution in [0.3, 0.4) is 0 Å². The predicted molar refractivity (Wildman–Crippen MR) is 124 cm³/mol. The number of hydrogen-bond acceptors (Lipinski definition) is 3. The van der Waals surface area contributed by atoms with Crippen molar-refractivity contribution in [3.05, 3.63) is 86.7 Å². The molecule has 0 aliphatic carbocycles. The van der Waals surface area contributed by atoms with Gasteiger partial charge < -0.3 is 9.67 Å². The standard InChI is InChI=1S/C25H27N3O3/c1-25(2,3)18-12-10-16(11-13-18)22-21-20(26(4)24(31)27(5)23(21)30)14-28(22)19-9-7-6-8-17(19)15-29/h6-14,29H,15H2,1-5H3. The Morgan fingerprint density at radius 3 is 2.16 bits per heavy atom. The molecule has 1 N–H and O–H groups in total. The lowest BCUT2D eigenvalue weighted by Gasteiger charge is -2.19. The Kier molecular flexibility index (Phi) is 4.98. The average molecular weight is 418 g/mol. The second-order valence-corrected chi connectivity index (χ2v) is 8.93. The van der Waals surface area contributed by atoms with E-state index in [1.54, 1.807) is 13.2 Å². The molecule has 0 atom stereocenters. The third-order valence-electron chi connectivity index (χ3n) is 5.88. The van der Waals surface area contributed by atoms with Gasteiger partial charge in [0.1, 0.15) is 0 Å². The van der Waals surface area contributed by atoms with E-state index in [0.717, 1.165) is 21.4 Å². The Morgan fingerprint density at radius 2 is 1.55 bits per heavy atom. The molecule has 0 aliphatic rings. The molecule has 2 aromatic carbocycles. The highest BCUT2D eigenvalue weighted by molar-refractivity contribution is 5.95. The van der Waals surface area contributed by atoms with Crippen molar-refractivity contribution in [3.8, 4) is 16.9 Å². The zero-order valence-electron chi connectivity index (χ0n) is 18.5. The number of nitrogens with zero attached hydrogens (tertiary/aromatic N) is 3. The lowest BCUT2D eigenvalue weighted by Crippen LogP contribution is -2.36. The van der Waals surface area contributed by atoms with E-state index >= 15 is 0 Å². The van der Waals surface area contributed by atoms with Crippen LogP contribution in [-0.4, -0.2) is 18.8 Å². The smallest absolute Gasteiger partial charge is 0.330 e. The summed E-state index contributed by atoms with van der Waals surface area (Å²) in [7, 11) is 3.16. The number of aryl methyl sites for hydroxylation is 1. The summed E-state index contributed by atoms with van der Waals surface area (Å²) in [5.74, 6) is 0. The number of para-hydroxylation sites is 1. The fourth-order valence-electron chi connectivity index (χ4n) is 4.02. The van der Waals surface area contributed by atoms with Crippen molar-refractivity contribution in [1.29, 1.82) is 0 Å². The van der Waals surface area contributed by atoms with Gasteiger partial charge in [-0.3, -0.25) is 13.9 Å². The lowest BCUT2D eigenvalue weighted by molar-refractivity contribution is 0.281. The monoisotopic (exact) mass is 417 g/mol. The molecule has 4 rings (SSSR count). The van der Waals surface area contributed by atoms with Gasteiger partial charge in [0, 0.05) is 25.9 Å². The van der Waals surface area contributed by atoms with Crippen LogP contribution in [0.5, 0.6) is 0 Å². The molecule has 2 aromatic heterocycles. The Bertz CT molecular complexity index is 1400. The van der Waals surface area contributed by atoms with E-state index in [-0.39, 0.29) is 23.3 Å². The predicted octanol–water partition coefficient (Wildman–Crippen LogP) is 3.48. The van der Waals surface area contributed by atoms with Gasteiger partial charge in [0.05, 0.1) is 28.9 Å². The molecule has 0 unspecified atom stereocenters. The largest absolute Gasteiger partial charge is 0.392 e. The highest BCUT2D eigenvalue weighted by Gasteiger charge is 2.22. The van der Waals surface area contributed by atoms with Crippen molar-refractivity contribution in [3.63, 3.8) is 0 Å². The summed E-state index contributed by atoms with van der Waals surface area (Å²) >= 11 is 0. The Hall–Kier alpha value is -3.38. The number of aliphatic hydroxyl groups excluding tert-OH is 1. The molecule has 0 bridgehead atoms. The van der Waals surface area contributed by atoms with E-state index in [1.807, 2.05) is 41.0 Å². The van der Waals surface area contributed by atoms with Crippen molar-refractivity contribution in [2.75, 3.05) is 0 Å². The molecule has 6 nitrogen and oxygen atoms in total. The van der Waals surface area contributed by atoms with Gasteiger partial charge in [-0.1, -0.05) is 63.2 Å². The minimum atomic E-state index is -0.375. The quantitative estimate of drug-likeness (QED) is 0.555. The van der Waals surface area contributed by atoms with Crippen LogP contribution in [0.2, 0.25) is 0 Å². The summed E-state index contributed by atoms with van der Waals surface area (Å²) < 4.78 is 4.53. The number of hydrogen-bond donors (Lipinski definition) is 1. The first-order valence-electron chi connectivity index (χ1n) is 10.3. The fourth-order valence-corrected chi connectivity index (χ4v) is 4.02. The molecule has 0 saturated heterocycles. The molecule has 0 radical (unpaired) electrons. The molecule has 0 fully saturated rings. The lowest BCUT2D eigenvalue weighted by atomic mass is 9.86. The zero-order valence-corrected chi connectivity index (χ0v) is 18.5. The van der Waals surface area contributed by atoms with Crippen molar-refractivity contribution < 1.29 is 5.11 Å². The van der Waals surface area contributed by atoms with Gasteiger partial charge >= 0.3 is 5.69 Å². The Balaban J connectivity index is 2.14. The maximum absolute atomic E-state index is 13.2. The molecule has 31 heavy (non-hydrogen) atoms. The van der Waals surface area contributed by atoms with Gasteiger partial charge in [0.2, 0.25) is 0 Å². The molecule has 160 valence electrons. The molecule has 0 saturated carbocycles. The number of fused-ring (bicyclic) bond motifs is 1. The van der Waals surface area contributed by atoms with Gasteiger partial charge in [-0.2, -0.15) is 0 Å². The average Bonchev–Trinajstić information content (AvgIpc) is 3.16. The first kappa shape index (κ1) is 20.9. The van der Waals surface area contributed by atoms with Gasteiger partial charge in [0.25, 0.3) is 5.56 Å². The zero-order chi connectivity index (χ0) is 22.5. The van der Waals surface area contributed by atoms with E-state index < -0.39 is 0 Å².